The molecule has 0 unspecified atom stereocenters. The fraction of sp³-hybridized carbons (Fsp3) is 0.167. The first-order valence-corrected chi connectivity index (χ1v) is 4.79. The lowest BCUT2D eigenvalue weighted by Crippen LogP contribution is -2.19. The molecule has 0 aliphatic heterocycles. The molecule has 0 heterocycles. The van der Waals surface area contributed by atoms with Crippen LogP contribution in [-0.2, 0) is 16.0 Å². The van der Waals surface area contributed by atoms with Gasteiger partial charge in [0.2, 0.25) is 5.91 Å². The predicted octanol–water partition coefficient (Wildman–Crippen LogP) is 1.12. The summed E-state index contributed by atoms with van der Waals surface area (Å²) in [6.45, 7) is 1.38. The number of carboxylic acids is 1. The summed E-state index contributed by atoms with van der Waals surface area (Å²) >= 11 is 0. The van der Waals surface area contributed by atoms with Crippen molar-refractivity contribution in [2.24, 2.45) is 5.73 Å². The zero-order valence-electron chi connectivity index (χ0n) is 8.93. The lowest BCUT2D eigenvalue weighted by Gasteiger charge is -2.06. The largest absolute Gasteiger partial charge is 0.478 e. The number of benzene rings is 1. The van der Waals surface area contributed by atoms with Crippen molar-refractivity contribution in [3.63, 3.8) is 0 Å². The number of primary amides is 1. The average molecular weight is 219 g/mol. The van der Waals surface area contributed by atoms with E-state index in [4.69, 9.17) is 10.8 Å². The number of rotatable bonds is 4. The summed E-state index contributed by atoms with van der Waals surface area (Å²) in [5.41, 5.74) is 6.16. The Morgan fingerprint density at radius 3 is 2.25 bits per heavy atom. The van der Waals surface area contributed by atoms with Gasteiger partial charge in [0.1, 0.15) is 0 Å². The summed E-state index contributed by atoms with van der Waals surface area (Å²) in [6, 6.07) is 9.13. The first kappa shape index (κ1) is 12.0. The second kappa shape index (κ2) is 5.11. The van der Waals surface area contributed by atoms with Crippen LogP contribution in [0.3, 0.4) is 0 Å². The SMILES string of the molecule is CC(C(=O)O)=C(Cc1ccccc1)C(N)=O. The van der Waals surface area contributed by atoms with Crippen molar-refractivity contribution in [1.82, 2.24) is 0 Å². The molecule has 0 fully saturated rings. The maximum Gasteiger partial charge on any atom is 0.331 e. The molecule has 0 saturated heterocycles. The summed E-state index contributed by atoms with van der Waals surface area (Å²) in [6.07, 6.45) is 0.244. The van der Waals surface area contributed by atoms with Gasteiger partial charge in [-0.1, -0.05) is 30.3 Å². The van der Waals surface area contributed by atoms with E-state index in [-0.39, 0.29) is 17.6 Å². The molecule has 0 bridgehead atoms. The minimum Gasteiger partial charge on any atom is -0.478 e. The highest BCUT2D eigenvalue weighted by molar-refractivity contribution is 6.01. The standard InChI is InChI=1S/C12H13NO3/c1-8(12(15)16)10(11(13)14)7-9-5-3-2-4-6-9/h2-6H,7H2,1H3,(H2,13,14)(H,15,16). The molecule has 0 aliphatic rings. The van der Waals surface area contributed by atoms with Crippen molar-refractivity contribution in [1.29, 1.82) is 0 Å². The molecule has 1 aromatic rings. The molecule has 0 radical (unpaired) electrons. The minimum atomic E-state index is -1.12. The highest BCUT2D eigenvalue weighted by Crippen LogP contribution is 2.12. The number of carbonyl (C=O) groups is 2. The van der Waals surface area contributed by atoms with Crippen LogP contribution in [0.15, 0.2) is 41.5 Å². The Bertz CT molecular complexity index is 435. The Morgan fingerprint density at radius 2 is 1.81 bits per heavy atom. The predicted molar refractivity (Wildman–Crippen MR) is 59.7 cm³/mol. The van der Waals surface area contributed by atoms with Gasteiger partial charge < -0.3 is 10.8 Å². The van der Waals surface area contributed by atoms with E-state index in [2.05, 4.69) is 0 Å². The molecule has 0 saturated carbocycles. The lowest BCUT2D eigenvalue weighted by molar-refractivity contribution is -0.133. The van der Waals surface area contributed by atoms with Crippen LogP contribution in [0.1, 0.15) is 12.5 Å². The lowest BCUT2D eigenvalue weighted by atomic mass is 10.0. The minimum absolute atomic E-state index is 0.00338. The number of carbonyl (C=O) groups excluding carboxylic acids is 1. The van der Waals surface area contributed by atoms with E-state index in [1.165, 1.54) is 6.92 Å². The van der Waals surface area contributed by atoms with Crippen LogP contribution in [0.2, 0.25) is 0 Å². The zero-order valence-corrected chi connectivity index (χ0v) is 8.93. The second-order valence-corrected chi connectivity index (χ2v) is 3.44. The third kappa shape index (κ3) is 2.95. The van der Waals surface area contributed by atoms with Gasteiger partial charge in [-0.05, 0) is 12.5 Å². The van der Waals surface area contributed by atoms with Crippen LogP contribution < -0.4 is 5.73 Å². The monoisotopic (exact) mass is 219 g/mol. The van der Waals surface area contributed by atoms with E-state index in [0.29, 0.717) is 0 Å². The molecule has 3 N–H and O–H groups in total. The van der Waals surface area contributed by atoms with Crippen molar-refractivity contribution >= 4 is 11.9 Å². The molecule has 4 nitrogen and oxygen atoms in total. The molecule has 84 valence electrons. The van der Waals surface area contributed by atoms with Crippen LogP contribution in [0.4, 0.5) is 0 Å². The van der Waals surface area contributed by atoms with E-state index in [1.54, 1.807) is 0 Å². The third-order valence-corrected chi connectivity index (χ3v) is 2.29. The summed E-state index contributed by atoms with van der Waals surface area (Å²) in [5, 5.41) is 8.81. The molecular formula is C12H13NO3. The van der Waals surface area contributed by atoms with Gasteiger partial charge in [-0.25, -0.2) is 4.79 Å². The Morgan fingerprint density at radius 1 is 1.25 bits per heavy atom. The summed E-state index contributed by atoms with van der Waals surface area (Å²) in [4.78, 5) is 21.9. The number of amides is 1. The number of carboxylic acid groups (broad SMARTS) is 1. The maximum absolute atomic E-state index is 11.2. The molecule has 1 amide bonds. The van der Waals surface area contributed by atoms with Gasteiger partial charge in [0.15, 0.2) is 0 Å². The number of aliphatic carboxylic acids is 1. The summed E-state index contributed by atoms with van der Waals surface area (Å²) in [5.74, 6) is -1.81. The highest BCUT2D eigenvalue weighted by Gasteiger charge is 2.14. The van der Waals surface area contributed by atoms with Gasteiger partial charge in [0, 0.05) is 17.6 Å². The van der Waals surface area contributed by atoms with Crippen molar-refractivity contribution in [2.75, 3.05) is 0 Å². The summed E-state index contributed by atoms with van der Waals surface area (Å²) in [7, 11) is 0. The van der Waals surface area contributed by atoms with Gasteiger partial charge in [0.05, 0.1) is 0 Å². The second-order valence-electron chi connectivity index (χ2n) is 3.44. The Balaban J connectivity index is 3.03. The number of hydrogen-bond acceptors (Lipinski definition) is 2. The van der Waals surface area contributed by atoms with E-state index in [9.17, 15) is 9.59 Å². The van der Waals surface area contributed by atoms with Gasteiger partial charge in [-0.2, -0.15) is 0 Å². The highest BCUT2D eigenvalue weighted by atomic mass is 16.4. The van der Waals surface area contributed by atoms with Gasteiger partial charge in [0.25, 0.3) is 0 Å². The van der Waals surface area contributed by atoms with Crippen molar-refractivity contribution in [3.05, 3.63) is 47.0 Å². The zero-order chi connectivity index (χ0) is 12.1. The molecule has 0 aliphatic carbocycles. The quantitative estimate of drug-likeness (QED) is 0.744. The number of hydrogen-bond donors (Lipinski definition) is 2. The Hall–Kier alpha value is -2.10. The molecule has 0 aromatic heterocycles. The molecule has 0 spiro atoms. The molecule has 1 aromatic carbocycles. The van der Waals surface area contributed by atoms with E-state index < -0.39 is 11.9 Å². The van der Waals surface area contributed by atoms with Crippen LogP contribution >= 0.6 is 0 Å². The Kier molecular flexibility index (Phi) is 3.83. The topological polar surface area (TPSA) is 80.4 Å². The van der Waals surface area contributed by atoms with Crippen LogP contribution in [0, 0.1) is 0 Å². The molecule has 0 atom stereocenters. The first-order chi connectivity index (χ1) is 7.52. The van der Waals surface area contributed by atoms with E-state index >= 15 is 0 Å². The third-order valence-electron chi connectivity index (χ3n) is 2.29. The summed E-state index contributed by atoms with van der Waals surface area (Å²) < 4.78 is 0. The maximum atomic E-state index is 11.2. The van der Waals surface area contributed by atoms with Gasteiger partial charge in [-0.3, -0.25) is 4.79 Å². The van der Waals surface area contributed by atoms with Crippen molar-refractivity contribution in [3.8, 4) is 0 Å². The number of nitrogens with two attached hydrogens (primary N) is 1. The van der Waals surface area contributed by atoms with E-state index in [0.717, 1.165) is 5.56 Å². The fourth-order valence-electron chi connectivity index (χ4n) is 1.33. The van der Waals surface area contributed by atoms with Crippen LogP contribution in [-0.4, -0.2) is 17.0 Å². The first-order valence-electron chi connectivity index (χ1n) is 4.79. The molecular weight excluding hydrogens is 206 g/mol. The smallest absolute Gasteiger partial charge is 0.331 e. The molecule has 1 rings (SSSR count). The van der Waals surface area contributed by atoms with Gasteiger partial charge >= 0.3 is 5.97 Å². The van der Waals surface area contributed by atoms with Crippen molar-refractivity contribution in [2.45, 2.75) is 13.3 Å². The molecule has 16 heavy (non-hydrogen) atoms. The van der Waals surface area contributed by atoms with Crippen LogP contribution in [0.25, 0.3) is 0 Å². The Labute approximate surface area is 93.4 Å². The van der Waals surface area contributed by atoms with E-state index in [1.807, 2.05) is 30.3 Å². The average Bonchev–Trinajstić information content (AvgIpc) is 2.26. The van der Waals surface area contributed by atoms with Crippen LogP contribution in [0.5, 0.6) is 0 Å². The fourth-order valence-corrected chi connectivity index (χ4v) is 1.33. The van der Waals surface area contributed by atoms with Gasteiger partial charge in [-0.15, -0.1) is 0 Å². The van der Waals surface area contributed by atoms with Crippen molar-refractivity contribution < 1.29 is 14.7 Å². The molecule has 4 heteroatoms. The normalized spacial score (nSPS) is 11.8.